The average molecular weight is 619 g/mol. The third-order valence-corrected chi connectivity index (χ3v) is 7.48. The lowest BCUT2D eigenvalue weighted by Gasteiger charge is -2.13. The lowest BCUT2D eigenvalue weighted by molar-refractivity contribution is -0.114. The van der Waals surface area contributed by atoms with Gasteiger partial charge in [-0.2, -0.15) is 0 Å². The standard InChI is InChI=1S/C33H29Cl2N3O3S/c1-21(2)23-13-11-22(12-14-23)15-30(38-32(40)24-7-4-3-5-8-24)33(41)37-27-9-6-10-29(19-27)42-20-31(39)36-28-17-25(34)16-26(35)18-28/h3-19,21H,20H2,1-2H3,(H,36,39)(H,37,41)(H,38,40)/b30-15+. The van der Waals surface area contributed by atoms with Crippen LogP contribution in [0.2, 0.25) is 10.0 Å². The van der Waals surface area contributed by atoms with Gasteiger partial charge in [0.1, 0.15) is 5.70 Å². The van der Waals surface area contributed by atoms with E-state index in [0.29, 0.717) is 32.9 Å². The average Bonchev–Trinajstić information content (AvgIpc) is 2.96. The number of carbonyl (C=O) groups is 3. The number of nitrogens with one attached hydrogen (secondary N) is 3. The molecule has 0 spiro atoms. The van der Waals surface area contributed by atoms with Crippen LogP contribution in [-0.4, -0.2) is 23.5 Å². The first-order chi connectivity index (χ1) is 20.2. The van der Waals surface area contributed by atoms with E-state index in [2.05, 4.69) is 29.8 Å². The second kappa shape index (κ2) is 14.7. The lowest BCUT2D eigenvalue weighted by Crippen LogP contribution is -2.30. The van der Waals surface area contributed by atoms with Crippen molar-refractivity contribution in [3.63, 3.8) is 0 Å². The maximum absolute atomic E-state index is 13.4. The predicted octanol–water partition coefficient (Wildman–Crippen LogP) is 8.26. The molecule has 4 aromatic carbocycles. The van der Waals surface area contributed by atoms with Gasteiger partial charge in [0.2, 0.25) is 5.91 Å². The molecule has 9 heteroatoms. The van der Waals surface area contributed by atoms with E-state index in [-0.39, 0.29) is 17.4 Å². The Morgan fingerprint density at radius 2 is 1.48 bits per heavy atom. The van der Waals surface area contributed by atoms with E-state index < -0.39 is 11.8 Å². The zero-order valence-electron chi connectivity index (χ0n) is 23.0. The molecular formula is C33H29Cl2N3O3S. The van der Waals surface area contributed by atoms with Crippen LogP contribution in [0.3, 0.4) is 0 Å². The van der Waals surface area contributed by atoms with Crippen LogP contribution in [0, 0.1) is 0 Å². The van der Waals surface area contributed by atoms with Gasteiger partial charge in [0, 0.05) is 31.9 Å². The van der Waals surface area contributed by atoms with Crippen LogP contribution in [0.4, 0.5) is 11.4 Å². The smallest absolute Gasteiger partial charge is 0.272 e. The van der Waals surface area contributed by atoms with Crippen molar-refractivity contribution in [2.75, 3.05) is 16.4 Å². The number of halogens is 2. The minimum Gasteiger partial charge on any atom is -0.325 e. The van der Waals surface area contributed by atoms with Crippen molar-refractivity contribution in [3.8, 4) is 0 Å². The minimum atomic E-state index is -0.482. The Morgan fingerprint density at radius 1 is 0.786 bits per heavy atom. The second-order valence-electron chi connectivity index (χ2n) is 9.68. The first-order valence-corrected chi connectivity index (χ1v) is 14.9. The topological polar surface area (TPSA) is 87.3 Å². The summed E-state index contributed by atoms with van der Waals surface area (Å²) in [6.07, 6.45) is 1.64. The van der Waals surface area contributed by atoms with Crippen molar-refractivity contribution < 1.29 is 14.4 Å². The number of thioether (sulfide) groups is 1. The molecule has 0 saturated heterocycles. The summed E-state index contributed by atoms with van der Waals surface area (Å²) in [5, 5.41) is 9.25. The van der Waals surface area contributed by atoms with Crippen LogP contribution in [0.15, 0.2) is 108 Å². The summed E-state index contributed by atoms with van der Waals surface area (Å²) in [5.74, 6) is -0.607. The maximum atomic E-state index is 13.4. The number of hydrogen-bond donors (Lipinski definition) is 3. The van der Waals surface area contributed by atoms with Gasteiger partial charge >= 0.3 is 0 Å². The molecule has 0 heterocycles. The Labute approximate surface area is 259 Å². The van der Waals surface area contributed by atoms with E-state index in [9.17, 15) is 14.4 Å². The van der Waals surface area contributed by atoms with E-state index in [0.717, 1.165) is 10.5 Å². The monoisotopic (exact) mass is 617 g/mol. The van der Waals surface area contributed by atoms with Gasteiger partial charge in [-0.05, 0) is 71.7 Å². The van der Waals surface area contributed by atoms with Crippen LogP contribution in [-0.2, 0) is 9.59 Å². The molecule has 3 N–H and O–H groups in total. The molecule has 4 aromatic rings. The van der Waals surface area contributed by atoms with Crippen molar-refractivity contribution >= 4 is 70.1 Å². The molecular weight excluding hydrogens is 589 g/mol. The van der Waals surface area contributed by atoms with Crippen molar-refractivity contribution in [2.24, 2.45) is 0 Å². The van der Waals surface area contributed by atoms with Crippen molar-refractivity contribution in [1.29, 1.82) is 0 Å². The SMILES string of the molecule is CC(C)c1ccc(/C=C(/NC(=O)c2ccccc2)C(=O)Nc2cccc(SCC(=O)Nc3cc(Cl)cc(Cl)c3)c2)cc1. The van der Waals surface area contributed by atoms with Gasteiger partial charge in [-0.25, -0.2) is 0 Å². The zero-order valence-corrected chi connectivity index (χ0v) is 25.3. The molecule has 0 aromatic heterocycles. The Bertz CT molecular complexity index is 1590. The van der Waals surface area contributed by atoms with E-state index in [1.165, 1.54) is 17.3 Å². The lowest BCUT2D eigenvalue weighted by atomic mass is 10.0. The summed E-state index contributed by atoms with van der Waals surface area (Å²) < 4.78 is 0. The number of amides is 3. The summed E-state index contributed by atoms with van der Waals surface area (Å²) in [6, 6.07) is 28.5. The van der Waals surface area contributed by atoms with E-state index in [4.69, 9.17) is 23.2 Å². The van der Waals surface area contributed by atoms with Gasteiger partial charge in [-0.1, -0.05) is 85.6 Å². The van der Waals surface area contributed by atoms with Crippen LogP contribution in [0.1, 0.15) is 41.3 Å². The molecule has 6 nitrogen and oxygen atoms in total. The zero-order chi connectivity index (χ0) is 30.1. The maximum Gasteiger partial charge on any atom is 0.272 e. The van der Waals surface area contributed by atoms with Gasteiger partial charge in [0.25, 0.3) is 11.8 Å². The fraction of sp³-hybridized carbons (Fsp3) is 0.121. The second-order valence-corrected chi connectivity index (χ2v) is 11.6. The van der Waals surface area contributed by atoms with Crippen molar-refractivity contribution in [1.82, 2.24) is 5.32 Å². The molecule has 42 heavy (non-hydrogen) atoms. The highest BCUT2D eigenvalue weighted by atomic mass is 35.5. The van der Waals surface area contributed by atoms with E-state index in [1.807, 2.05) is 36.4 Å². The molecule has 214 valence electrons. The molecule has 0 unspecified atom stereocenters. The minimum absolute atomic E-state index is 0.0961. The fourth-order valence-corrected chi connectivity index (χ4v) is 5.20. The summed E-state index contributed by atoms with van der Waals surface area (Å²) in [4.78, 5) is 39.6. The van der Waals surface area contributed by atoms with Gasteiger partial charge < -0.3 is 16.0 Å². The largest absolute Gasteiger partial charge is 0.325 e. The molecule has 0 bridgehead atoms. The van der Waals surface area contributed by atoms with E-state index in [1.54, 1.807) is 66.7 Å². The highest BCUT2D eigenvalue weighted by molar-refractivity contribution is 8.00. The number of anilines is 2. The summed E-state index contributed by atoms with van der Waals surface area (Å²) in [7, 11) is 0. The molecule has 0 saturated carbocycles. The molecule has 0 radical (unpaired) electrons. The third-order valence-electron chi connectivity index (χ3n) is 6.05. The van der Waals surface area contributed by atoms with Crippen LogP contribution < -0.4 is 16.0 Å². The van der Waals surface area contributed by atoms with Crippen LogP contribution in [0.25, 0.3) is 6.08 Å². The molecule has 3 amide bonds. The normalized spacial score (nSPS) is 11.2. The highest BCUT2D eigenvalue weighted by Crippen LogP contribution is 2.25. The summed E-state index contributed by atoms with van der Waals surface area (Å²) in [6.45, 7) is 4.22. The third kappa shape index (κ3) is 9.24. The first-order valence-electron chi connectivity index (χ1n) is 13.1. The molecule has 0 aliphatic carbocycles. The van der Waals surface area contributed by atoms with Gasteiger partial charge in [0.15, 0.2) is 0 Å². The summed E-state index contributed by atoms with van der Waals surface area (Å²) >= 11 is 13.3. The predicted molar refractivity (Wildman–Crippen MR) is 173 cm³/mol. The number of rotatable bonds is 10. The number of carbonyl (C=O) groups excluding carboxylic acids is 3. The fourth-order valence-electron chi connectivity index (χ4n) is 3.92. The molecule has 4 rings (SSSR count). The number of hydrogen-bond acceptors (Lipinski definition) is 4. The molecule has 0 fully saturated rings. The van der Waals surface area contributed by atoms with Crippen molar-refractivity contribution in [2.45, 2.75) is 24.7 Å². The van der Waals surface area contributed by atoms with Crippen molar-refractivity contribution in [3.05, 3.63) is 129 Å². The molecule has 0 aliphatic heterocycles. The highest BCUT2D eigenvalue weighted by Gasteiger charge is 2.16. The van der Waals surface area contributed by atoms with Crippen LogP contribution >= 0.6 is 35.0 Å². The number of benzene rings is 4. The Balaban J connectivity index is 1.46. The van der Waals surface area contributed by atoms with Crippen LogP contribution in [0.5, 0.6) is 0 Å². The Hall–Kier alpha value is -4.04. The van der Waals surface area contributed by atoms with Gasteiger partial charge in [-0.3, -0.25) is 14.4 Å². The van der Waals surface area contributed by atoms with E-state index >= 15 is 0 Å². The van der Waals surface area contributed by atoms with Gasteiger partial charge in [-0.15, -0.1) is 11.8 Å². The Morgan fingerprint density at radius 3 is 2.14 bits per heavy atom. The summed E-state index contributed by atoms with van der Waals surface area (Å²) in [5.41, 5.74) is 3.50. The first kappa shape index (κ1) is 30.9. The Kier molecular flexibility index (Phi) is 10.8. The molecule has 0 atom stereocenters. The van der Waals surface area contributed by atoms with Gasteiger partial charge in [0.05, 0.1) is 5.75 Å². The molecule has 0 aliphatic rings. The quantitative estimate of drug-likeness (QED) is 0.123.